The van der Waals surface area contributed by atoms with Gasteiger partial charge >= 0.3 is 5.97 Å². The first kappa shape index (κ1) is 16.3. The molecular formula is C19H20N2O3. The van der Waals surface area contributed by atoms with Crippen LogP contribution >= 0.6 is 0 Å². The Morgan fingerprint density at radius 2 is 2.25 bits per heavy atom. The van der Waals surface area contributed by atoms with Gasteiger partial charge in [-0.2, -0.15) is 5.26 Å². The molecule has 0 bridgehead atoms. The highest BCUT2D eigenvalue weighted by Crippen LogP contribution is 2.33. The van der Waals surface area contributed by atoms with Gasteiger partial charge in [0.1, 0.15) is 11.6 Å². The molecule has 124 valence electrons. The number of para-hydroxylation sites is 1. The van der Waals surface area contributed by atoms with Crippen LogP contribution in [0.3, 0.4) is 0 Å². The number of esters is 1. The fourth-order valence-electron chi connectivity index (χ4n) is 3.42. The van der Waals surface area contributed by atoms with Gasteiger partial charge < -0.3 is 9.30 Å². The number of benzene rings is 1. The van der Waals surface area contributed by atoms with Crippen molar-refractivity contribution in [3.8, 4) is 6.07 Å². The van der Waals surface area contributed by atoms with E-state index < -0.39 is 5.97 Å². The lowest BCUT2D eigenvalue weighted by atomic mass is 9.99. The van der Waals surface area contributed by atoms with Crippen LogP contribution < -0.4 is 5.56 Å². The first-order chi connectivity index (χ1) is 11.6. The number of nitrogens with zero attached hydrogens (tertiary/aromatic N) is 2. The lowest BCUT2D eigenvalue weighted by molar-refractivity contribution is -0.142. The zero-order valence-electron chi connectivity index (χ0n) is 14.0. The van der Waals surface area contributed by atoms with Gasteiger partial charge in [0.25, 0.3) is 5.56 Å². The molecule has 1 aliphatic heterocycles. The van der Waals surface area contributed by atoms with Crippen molar-refractivity contribution in [2.45, 2.75) is 45.6 Å². The molecule has 0 aliphatic carbocycles. The Morgan fingerprint density at radius 3 is 2.96 bits per heavy atom. The number of pyridine rings is 1. The largest absolute Gasteiger partial charge is 0.465 e. The summed E-state index contributed by atoms with van der Waals surface area (Å²) in [4.78, 5) is 24.9. The third-order valence-electron chi connectivity index (χ3n) is 4.57. The van der Waals surface area contributed by atoms with Crippen LogP contribution in [0.2, 0.25) is 0 Å². The monoisotopic (exact) mass is 324 g/mol. The van der Waals surface area contributed by atoms with Crippen LogP contribution in [0.5, 0.6) is 0 Å². The third kappa shape index (κ3) is 2.58. The molecule has 2 aromatic rings. The Kier molecular flexibility index (Phi) is 4.39. The van der Waals surface area contributed by atoms with Crippen molar-refractivity contribution in [1.29, 1.82) is 5.26 Å². The molecule has 1 aromatic heterocycles. The lowest BCUT2D eigenvalue weighted by Crippen LogP contribution is -2.26. The van der Waals surface area contributed by atoms with Gasteiger partial charge in [-0.1, -0.05) is 31.5 Å². The second kappa shape index (κ2) is 6.48. The Labute approximate surface area is 140 Å². The van der Waals surface area contributed by atoms with Crippen molar-refractivity contribution in [2.75, 3.05) is 6.61 Å². The maximum Gasteiger partial charge on any atom is 0.310 e. The third-order valence-corrected chi connectivity index (χ3v) is 4.57. The van der Waals surface area contributed by atoms with E-state index in [9.17, 15) is 14.9 Å². The minimum Gasteiger partial charge on any atom is -0.465 e. The van der Waals surface area contributed by atoms with Gasteiger partial charge in [0, 0.05) is 11.4 Å². The fraction of sp³-hybridized carbons (Fsp3) is 0.421. The molecule has 5 heteroatoms. The van der Waals surface area contributed by atoms with Gasteiger partial charge in [-0.25, -0.2) is 0 Å². The average Bonchev–Trinajstić information content (AvgIpc) is 2.90. The van der Waals surface area contributed by atoms with Crippen LogP contribution in [0.15, 0.2) is 23.0 Å². The number of carbonyl (C=O) groups is 1. The van der Waals surface area contributed by atoms with E-state index in [0.29, 0.717) is 12.2 Å². The summed E-state index contributed by atoms with van der Waals surface area (Å²) >= 11 is 0. The van der Waals surface area contributed by atoms with Gasteiger partial charge in [-0.05, 0) is 30.9 Å². The Bertz CT molecular complexity index is 905. The van der Waals surface area contributed by atoms with E-state index in [1.54, 1.807) is 4.57 Å². The predicted molar refractivity (Wildman–Crippen MR) is 90.9 cm³/mol. The minimum absolute atomic E-state index is 0.0232. The summed E-state index contributed by atoms with van der Waals surface area (Å²) in [6.45, 7) is 4.36. The Hall–Kier alpha value is -2.61. The van der Waals surface area contributed by atoms with E-state index in [1.807, 2.05) is 38.1 Å². The number of ether oxygens (including phenoxy) is 1. The molecule has 1 atom stereocenters. The molecule has 0 saturated carbocycles. The van der Waals surface area contributed by atoms with Crippen molar-refractivity contribution in [2.24, 2.45) is 0 Å². The zero-order chi connectivity index (χ0) is 17.3. The van der Waals surface area contributed by atoms with Crippen LogP contribution in [0.1, 0.15) is 49.4 Å². The first-order valence-corrected chi connectivity index (χ1v) is 8.33. The molecule has 5 nitrogen and oxygen atoms in total. The quantitative estimate of drug-likeness (QED) is 0.626. The summed E-state index contributed by atoms with van der Waals surface area (Å²) in [6.07, 6.45) is 2.47. The van der Waals surface area contributed by atoms with E-state index in [4.69, 9.17) is 4.74 Å². The second-order valence-corrected chi connectivity index (χ2v) is 6.26. The number of hydrogen-bond acceptors (Lipinski definition) is 4. The fourth-order valence-corrected chi connectivity index (χ4v) is 3.42. The van der Waals surface area contributed by atoms with Crippen molar-refractivity contribution in [1.82, 2.24) is 4.57 Å². The maximum atomic E-state index is 12.7. The molecule has 0 amide bonds. The molecule has 1 aliphatic rings. The van der Waals surface area contributed by atoms with Crippen LogP contribution in [0, 0.1) is 11.3 Å². The normalized spacial score (nSPS) is 15.5. The maximum absolute atomic E-state index is 12.7. The zero-order valence-corrected chi connectivity index (χ0v) is 14.0. The molecule has 1 aromatic carbocycles. The van der Waals surface area contributed by atoms with Crippen molar-refractivity contribution in [3.63, 3.8) is 0 Å². The summed E-state index contributed by atoms with van der Waals surface area (Å²) < 4.78 is 6.90. The molecule has 0 radical (unpaired) electrons. The van der Waals surface area contributed by atoms with Crippen molar-refractivity contribution >= 4 is 16.9 Å². The summed E-state index contributed by atoms with van der Waals surface area (Å²) in [7, 11) is 0. The molecule has 3 rings (SSSR count). The summed E-state index contributed by atoms with van der Waals surface area (Å²) in [5.41, 5.74) is 2.18. The number of nitriles is 1. The predicted octanol–water partition coefficient (Wildman–Crippen LogP) is 2.88. The van der Waals surface area contributed by atoms with E-state index in [1.165, 1.54) is 0 Å². The van der Waals surface area contributed by atoms with E-state index in [2.05, 4.69) is 0 Å². The highest BCUT2D eigenvalue weighted by atomic mass is 16.5. The minimum atomic E-state index is -0.393. The van der Waals surface area contributed by atoms with E-state index in [-0.39, 0.29) is 23.6 Å². The van der Waals surface area contributed by atoms with Crippen molar-refractivity contribution < 1.29 is 9.53 Å². The number of carbonyl (C=O) groups excluding carboxylic acids is 1. The smallest absolute Gasteiger partial charge is 0.310 e. The second-order valence-electron chi connectivity index (χ2n) is 6.26. The molecule has 24 heavy (non-hydrogen) atoms. The number of aromatic nitrogens is 1. The molecule has 0 N–H and O–H groups in total. The highest BCUT2D eigenvalue weighted by molar-refractivity contribution is 5.91. The van der Waals surface area contributed by atoms with Gasteiger partial charge in [-0.15, -0.1) is 0 Å². The number of hydrogen-bond donors (Lipinski definition) is 0. The van der Waals surface area contributed by atoms with Crippen LogP contribution in [0.4, 0.5) is 0 Å². The highest BCUT2D eigenvalue weighted by Gasteiger charge is 2.27. The van der Waals surface area contributed by atoms with E-state index >= 15 is 0 Å². The molecule has 0 spiro atoms. The van der Waals surface area contributed by atoms with Crippen molar-refractivity contribution in [3.05, 3.63) is 45.2 Å². The van der Waals surface area contributed by atoms with Gasteiger partial charge in [0.15, 0.2) is 0 Å². The van der Waals surface area contributed by atoms with E-state index in [0.717, 1.165) is 35.7 Å². The molecule has 1 unspecified atom stereocenters. The van der Waals surface area contributed by atoms with Crippen LogP contribution in [0.25, 0.3) is 10.9 Å². The topological polar surface area (TPSA) is 72.1 Å². The summed E-state index contributed by atoms with van der Waals surface area (Å²) in [5.74, 6) is -0.393. The van der Waals surface area contributed by atoms with Crippen LogP contribution in [-0.2, 0) is 22.4 Å². The molecule has 0 fully saturated rings. The SMILES string of the molecule is CCCCOC(=O)Cc1c(C#N)c(=O)n2c3c(cccc13)CC2C. The molecular weight excluding hydrogens is 304 g/mol. The summed E-state index contributed by atoms with van der Waals surface area (Å²) in [6, 6.07) is 7.82. The Balaban J connectivity index is 2.12. The van der Waals surface area contributed by atoms with Gasteiger partial charge in [0.05, 0.1) is 18.5 Å². The van der Waals surface area contributed by atoms with Gasteiger partial charge in [0.2, 0.25) is 0 Å². The molecule has 2 heterocycles. The number of rotatable bonds is 5. The average molecular weight is 324 g/mol. The van der Waals surface area contributed by atoms with Crippen LogP contribution in [-0.4, -0.2) is 17.1 Å². The lowest BCUT2D eigenvalue weighted by Gasteiger charge is -2.14. The first-order valence-electron chi connectivity index (χ1n) is 8.33. The summed E-state index contributed by atoms with van der Waals surface area (Å²) in [5, 5.41) is 10.3. The standard InChI is InChI=1S/C19H20N2O3/c1-3-4-8-24-17(22)10-15-14-7-5-6-13-9-12(2)21(18(13)14)19(23)16(15)11-20/h5-7,12H,3-4,8-10H2,1-2H3. The van der Waals surface area contributed by atoms with Gasteiger partial charge in [-0.3, -0.25) is 9.59 Å². The molecule has 0 saturated heterocycles. The Morgan fingerprint density at radius 1 is 1.46 bits per heavy atom. The number of unbranched alkanes of at least 4 members (excludes halogenated alkanes) is 1.